The maximum atomic E-state index is 12.6. The summed E-state index contributed by atoms with van der Waals surface area (Å²) in [6, 6.07) is 12.9. The van der Waals surface area contributed by atoms with Crippen molar-refractivity contribution >= 4 is 5.91 Å². The van der Waals surface area contributed by atoms with Crippen LogP contribution in [-0.4, -0.2) is 52.8 Å². The Morgan fingerprint density at radius 1 is 1.00 bits per heavy atom. The second-order valence-electron chi connectivity index (χ2n) is 6.03. The van der Waals surface area contributed by atoms with E-state index in [4.69, 9.17) is 14.2 Å². The summed E-state index contributed by atoms with van der Waals surface area (Å²) in [7, 11) is 8.70. The molecule has 0 saturated carbocycles. The summed E-state index contributed by atoms with van der Waals surface area (Å²) in [6.45, 7) is 0.436. The first-order chi connectivity index (χ1) is 12.5. The molecule has 0 aliphatic rings. The molecule has 6 heteroatoms. The van der Waals surface area contributed by atoms with Gasteiger partial charge in [-0.15, -0.1) is 0 Å². The fourth-order valence-corrected chi connectivity index (χ4v) is 2.74. The van der Waals surface area contributed by atoms with Crippen molar-refractivity contribution in [3.05, 3.63) is 53.6 Å². The number of carbonyl (C=O) groups excluding carboxylic acids is 1. The molecule has 1 amide bonds. The first-order valence-electron chi connectivity index (χ1n) is 8.30. The summed E-state index contributed by atoms with van der Waals surface area (Å²) in [5.41, 5.74) is 1.50. The summed E-state index contributed by atoms with van der Waals surface area (Å²) in [4.78, 5) is 14.7. The van der Waals surface area contributed by atoms with Gasteiger partial charge in [-0.3, -0.25) is 4.79 Å². The Morgan fingerprint density at radius 2 is 1.62 bits per heavy atom. The fraction of sp³-hybridized carbons (Fsp3) is 0.350. The number of ether oxygens (including phenoxy) is 3. The molecule has 0 bridgehead atoms. The molecule has 140 valence electrons. The highest BCUT2D eigenvalue weighted by molar-refractivity contribution is 5.95. The van der Waals surface area contributed by atoms with Gasteiger partial charge in [-0.05, 0) is 32.3 Å². The maximum Gasteiger partial charge on any atom is 0.251 e. The van der Waals surface area contributed by atoms with Crippen LogP contribution in [0.4, 0.5) is 0 Å². The zero-order valence-corrected chi connectivity index (χ0v) is 15.9. The number of likely N-dealkylation sites (N-methyl/N-ethyl adjacent to an activating group) is 1. The highest BCUT2D eigenvalue weighted by atomic mass is 16.5. The van der Waals surface area contributed by atoms with E-state index in [1.807, 2.05) is 43.3 Å². The zero-order valence-electron chi connectivity index (χ0n) is 15.9. The van der Waals surface area contributed by atoms with Crippen LogP contribution >= 0.6 is 0 Å². The molecule has 6 nitrogen and oxygen atoms in total. The third-order valence-electron chi connectivity index (χ3n) is 4.19. The van der Waals surface area contributed by atoms with Crippen molar-refractivity contribution < 1.29 is 19.0 Å². The van der Waals surface area contributed by atoms with Crippen molar-refractivity contribution in [2.75, 3.05) is 42.0 Å². The molecule has 1 N–H and O–H groups in total. The minimum absolute atomic E-state index is 0.0254. The number of hydrogen-bond acceptors (Lipinski definition) is 5. The number of hydrogen-bond donors (Lipinski definition) is 1. The number of nitrogens with zero attached hydrogens (tertiary/aromatic N) is 1. The first-order valence-corrected chi connectivity index (χ1v) is 8.30. The van der Waals surface area contributed by atoms with Crippen molar-refractivity contribution in [3.63, 3.8) is 0 Å². The van der Waals surface area contributed by atoms with Crippen LogP contribution < -0.4 is 19.5 Å². The molecule has 2 rings (SSSR count). The van der Waals surface area contributed by atoms with Gasteiger partial charge in [0.1, 0.15) is 17.2 Å². The Hall–Kier alpha value is -2.73. The third-order valence-corrected chi connectivity index (χ3v) is 4.19. The molecule has 2 aromatic rings. The van der Waals surface area contributed by atoms with E-state index >= 15 is 0 Å². The molecule has 2 aromatic carbocycles. The minimum Gasteiger partial charge on any atom is -0.497 e. The molecule has 0 aromatic heterocycles. The van der Waals surface area contributed by atoms with E-state index in [0.717, 1.165) is 11.3 Å². The fourth-order valence-electron chi connectivity index (χ4n) is 2.74. The number of rotatable bonds is 8. The predicted molar refractivity (Wildman–Crippen MR) is 101 cm³/mol. The third kappa shape index (κ3) is 4.67. The van der Waals surface area contributed by atoms with Gasteiger partial charge < -0.3 is 24.4 Å². The standard InChI is InChI=1S/C20H26N2O4/c1-22(2)18(17-8-6-7-9-19(17)26-5)13-21-20(23)14-10-15(24-3)12-16(11-14)25-4/h6-12,18H,13H2,1-5H3,(H,21,23). The smallest absolute Gasteiger partial charge is 0.251 e. The number of benzene rings is 2. The topological polar surface area (TPSA) is 60.0 Å². The number of para-hydroxylation sites is 1. The van der Waals surface area contributed by atoms with Gasteiger partial charge in [-0.1, -0.05) is 18.2 Å². The van der Waals surface area contributed by atoms with Gasteiger partial charge in [0.15, 0.2) is 0 Å². The summed E-state index contributed by atoms with van der Waals surface area (Å²) in [6.07, 6.45) is 0. The molecule has 1 atom stereocenters. The Kier molecular flexibility index (Phi) is 6.86. The van der Waals surface area contributed by atoms with Crippen molar-refractivity contribution in [2.24, 2.45) is 0 Å². The molecule has 0 aliphatic heterocycles. The second-order valence-corrected chi connectivity index (χ2v) is 6.03. The minimum atomic E-state index is -0.191. The van der Waals surface area contributed by atoms with E-state index in [2.05, 4.69) is 5.32 Å². The Bertz CT molecular complexity index is 724. The molecule has 1 unspecified atom stereocenters. The molecular weight excluding hydrogens is 332 g/mol. The van der Waals surface area contributed by atoms with Crippen molar-refractivity contribution in [1.29, 1.82) is 0 Å². The largest absolute Gasteiger partial charge is 0.497 e. The van der Waals surface area contributed by atoms with Crippen molar-refractivity contribution in [3.8, 4) is 17.2 Å². The first kappa shape index (κ1) is 19.6. The predicted octanol–water partition coefficient (Wildman–Crippen LogP) is 2.75. The van der Waals surface area contributed by atoms with Crippen LogP contribution in [0.3, 0.4) is 0 Å². The highest BCUT2D eigenvalue weighted by Gasteiger charge is 2.19. The summed E-state index contributed by atoms with van der Waals surface area (Å²) < 4.78 is 15.9. The summed E-state index contributed by atoms with van der Waals surface area (Å²) in [5, 5.41) is 2.99. The van der Waals surface area contributed by atoms with E-state index in [0.29, 0.717) is 23.6 Å². The number of amides is 1. The van der Waals surface area contributed by atoms with Gasteiger partial charge in [-0.25, -0.2) is 0 Å². The molecule has 0 saturated heterocycles. The van der Waals surface area contributed by atoms with E-state index in [1.54, 1.807) is 39.5 Å². The monoisotopic (exact) mass is 358 g/mol. The lowest BCUT2D eigenvalue weighted by atomic mass is 10.0. The van der Waals surface area contributed by atoms with Gasteiger partial charge in [-0.2, -0.15) is 0 Å². The molecule has 0 fully saturated rings. The van der Waals surface area contributed by atoms with E-state index in [9.17, 15) is 4.79 Å². The van der Waals surface area contributed by atoms with Gasteiger partial charge in [0.05, 0.1) is 27.4 Å². The molecule has 0 radical (unpaired) electrons. The molecule has 0 heterocycles. The molecule has 26 heavy (non-hydrogen) atoms. The lowest BCUT2D eigenvalue weighted by Gasteiger charge is -2.26. The quantitative estimate of drug-likeness (QED) is 0.786. The van der Waals surface area contributed by atoms with Crippen molar-refractivity contribution in [2.45, 2.75) is 6.04 Å². The average Bonchev–Trinajstić information content (AvgIpc) is 2.67. The van der Waals surface area contributed by atoms with Gasteiger partial charge in [0, 0.05) is 23.7 Å². The van der Waals surface area contributed by atoms with Gasteiger partial charge in [0.25, 0.3) is 5.91 Å². The number of nitrogens with one attached hydrogen (secondary N) is 1. The SMILES string of the molecule is COc1cc(OC)cc(C(=O)NCC(c2ccccc2OC)N(C)C)c1. The lowest BCUT2D eigenvalue weighted by molar-refractivity contribution is 0.0940. The van der Waals surface area contributed by atoms with E-state index in [1.165, 1.54) is 0 Å². The Balaban J connectivity index is 2.18. The number of carbonyl (C=O) groups is 1. The van der Waals surface area contributed by atoms with Crippen LogP contribution in [0.15, 0.2) is 42.5 Å². The van der Waals surface area contributed by atoms with E-state index in [-0.39, 0.29) is 11.9 Å². The van der Waals surface area contributed by atoms with Crippen LogP contribution in [0.5, 0.6) is 17.2 Å². The highest BCUT2D eigenvalue weighted by Crippen LogP contribution is 2.28. The Morgan fingerprint density at radius 3 is 2.15 bits per heavy atom. The Labute approximate surface area is 154 Å². The van der Waals surface area contributed by atoms with Crippen LogP contribution in [0.1, 0.15) is 22.0 Å². The number of methoxy groups -OCH3 is 3. The summed E-state index contributed by atoms with van der Waals surface area (Å²) >= 11 is 0. The normalized spacial score (nSPS) is 11.8. The second kappa shape index (κ2) is 9.10. The van der Waals surface area contributed by atoms with Crippen LogP contribution in [0, 0.1) is 0 Å². The van der Waals surface area contributed by atoms with Gasteiger partial charge in [0.2, 0.25) is 0 Å². The van der Waals surface area contributed by atoms with E-state index < -0.39 is 0 Å². The summed E-state index contributed by atoms with van der Waals surface area (Å²) in [5.74, 6) is 1.75. The molecule has 0 spiro atoms. The van der Waals surface area contributed by atoms with Crippen LogP contribution in [0.25, 0.3) is 0 Å². The molecule has 0 aliphatic carbocycles. The lowest BCUT2D eigenvalue weighted by Crippen LogP contribution is -2.34. The van der Waals surface area contributed by atoms with Crippen molar-refractivity contribution in [1.82, 2.24) is 10.2 Å². The average molecular weight is 358 g/mol. The zero-order chi connectivity index (χ0) is 19.1. The molecular formula is C20H26N2O4. The van der Waals surface area contributed by atoms with Crippen LogP contribution in [-0.2, 0) is 0 Å². The van der Waals surface area contributed by atoms with Crippen LogP contribution in [0.2, 0.25) is 0 Å². The maximum absolute atomic E-state index is 12.6. The van der Waals surface area contributed by atoms with Gasteiger partial charge >= 0.3 is 0 Å².